The average Bonchev–Trinajstić information content (AvgIpc) is 2.95. The van der Waals surface area contributed by atoms with E-state index in [2.05, 4.69) is 24.4 Å². The standard InChI is InChI=1S/C17H25NO3/c1-13(14-4-3-5-16(10-14)19-2)18-15-6-8-21-17(11-15)7-9-20-12-17/h3-5,10,13,15,18H,6-9,11-12H2,1-2H3/t13-,15?,17?/m1/s1. The van der Waals surface area contributed by atoms with Crippen LogP contribution >= 0.6 is 0 Å². The maximum atomic E-state index is 6.00. The summed E-state index contributed by atoms with van der Waals surface area (Å²) in [5.74, 6) is 0.911. The Hall–Kier alpha value is -1.10. The molecule has 2 heterocycles. The van der Waals surface area contributed by atoms with E-state index in [0.29, 0.717) is 12.1 Å². The van der Waals surface area contributed by atoms with Crippen LogP contribution in [0.4, 0.5) is 0 Å². The van der Waals surface area contributed by atoms with Crippen LogP contribution in [-0.2, 0) is 9.47 Å². The molecule has 0 radical (unpaired) electrons. The van der Waals surface area contributed by atoms with Crippen molar-refractivity contribution in [1.82, 2.24) is 5.32 Å². The summed E-state index contributed by atoms with van der Waals surface area (Å²) < 4.78 is 16.8. The third-order valence-corrected chi connectivity index (χ3v) is 4.64. The Morgan fingerprint density at radius 1 is 1.38 bits per heavy atom. The Labute approximate surface area is 126 Å². The van der Waals surface area contributed by atoms with Crippen LogP contribution in [0.5, 0.6) is 5.75 Å². The molecular weight excluding hydrogens is 266 g/mol. The lowest BCUT2D eigenvalue weighted by Crippen LogP contribution is -2.48. The largest absolute Gasteiger partial charge is 0.497 e. The van der Waals surface area contributed by atoms with Crippen molar-refractivity contribution < 1.29 is 14.2 Å². The van der Waals surface area contributed by atoms with E-state index < -0.39 is 0 Å². The summed E-state index contributed by atoms with van der Waals surface area (Å²) in [5, 5.41) is 3.75. The van der Waals surface area contributed by atoms with Crippen molar-refractivity contribution in [2.24, 2.45) is 0 Å². The van der Waals surface area contributed by atoms with Gasteiger partial charge in [-0.3, -0.25) is 0 Å². The molecule has 3 rings (SSSR count). The van der Waals surface area contributed by atoms with Gasteiger partial charge in [0, 0.05) is 31.7 Å². The molecule has 0 bridgehead atoms. The molecular formula is C17H25NO3. The minimum Gasteiger partial charge on any atom is -0.497 e. The van der Waals surface area contributed by atoms with Gasteiger partial charge in [0.05, 0.1) is 19.3 Å². The number of hydrogen-bond acceptors (Lipinski definition) is 4. The van der Waals surface area contributed by atoms with Crippen molar-refractivity contribution in [2.45, 2.75) is 43.9 Å². The fraction of sp³-hybridized carbons (Fsp3) is 0.647. The number of rotatable bonds is 4. The van der Waals surface area contributed by atoms with E-state index in [9.17, 15) is 0 Å². The van der Waals surface area contributed by atoms with Gasteiger partial charge in [-0.1, -0.05) is 12.1 Å². The molecule has 2 aliphatic heterocycles. The second-order valence-electron chi connectivity index (χ2n) is 6.19. The molecule has 116 valence electrons. The van der Waals surface area contributed by atoms with Gasteiger partial charge in [-0.25, -0.2) is 0 Å². The first-order valence-electron chi connectivity index (χ1n) is 7.82. The van der Waals surface area contributed by atoms with E-state index >= 15 is 0 Å². The van der Waals surface area contributed by atoms with Crippen LogP contribution in [0.15, 0.2) is 24.3 Å². The maximum absolute atomic E-state index is 6.00. The number of nitrogens with one attached hydrogen (secondary N) is 1. The van der Waals surface area contributed by atoms with Crippen molar-refractivity contribution in [3.63, 3.8) is 0 Å². The fourth-order valence-corrected chi connectivity index (χ4v) is 3.39. The molecule has 0 aromatic heterocycles. The fourth-order valence-electron chi connectivity index (χ4n) is 3.39. The molecule has 4 nitrogen and oxygen atoms in total. The molecule has 1 spiro atoms. The van der Waals surface area contributed by atoms with Crippen LogP contribution in [0, 0.1) is 0 Å². The van der Waals surface area contributed by atoms with Crippen molar-refractivity contribution in [2.75, 3.05) is 26.9 Å². The zero-order chi connectivity index (χ0) is 14.7. The molecule has 0 amide bonds. The number of methoxy groups -OCH3 is 1. The first kappa shape index (κ1) is 14.8. The highest BCUT2D eigenvalue weighted by molar-refractivity contribution is 5.30. The molecule has 1 aromatic rings. The van der Waals surface area contributed by atoms with Gasteiger partial charge in [0.1, 0.15) is 5.75 Å². The van der Waals surface area contributed by atoms with Gasteiger partial charge in [0.15, 0.2) is 0 Å². The first-order chi connectivity index (χ1) is 10.2. The topological polar surface area (TPSA) is 39.7 Å². The molecule has 2 aliphatic rings. The SMILES string of the molecule is COc1cccc([C@@H](C)NC2CCOC3(CCOC3)C2)c1. The van der Waals surface area contributed by atoms with E-state index in [0.717, 1.165) is 44.8 Å². The van der Waals surface area contributed by atoms with Gasteiger partial charge in [-0.15, -0.1) is 0 Å². The summed E-state index contributed by atoms with van der Waals surface area (Å²) in [6.07, 6.45) is 3.14. The lowest BCUT2D eigenvalue weighted by Gasteiger charge is -2.38. The van der Waals surface area contributed by atoms with Crippen LogP contribution < -0.4 is 10.1 Å². The minimum atomic E-state index is -0.0377. The second-order valence-corrected chi connectivity index (χ2v) is 6.19. The molecule has 2 unspecified atom stereocenters. The molecule has 2 fully saturated rings. The van der Waals surface area contributed by atoms with Crippen molar-refractivity contribution in [3.05, 3.63) is 29.8 Å². The summed E-state index contributed by atoms with van der Waals surface area (Å²) in [4.78, 5) is 0. The highest BCUT2D eigenvalue weighted by Crippen LogP contribution is 2.33. The number of hydrogen-bond donors (Lipinski definition) is 1. The molecule has 1 N–H and O–H groups in total. The Balaban J connectivity index is 1.62. The van der Waals surface area contributed by atoms with Crippen molar-refractivity contribution >= 4 is 0 Å². The smallest absolute Gasteiger partial charge is 0.119 e. The van der Waals surface area contributed by atoms with Crippen molar-refractivity contribution in [1.29, 1.82) is 0 Å². The molecule has 1 aromatic carbocycles. The first-order valence-corrected chi connectivity index (χ1v) is 7.82. The lowest BCUT2D eigenvalue weighted by atomic mass is 9.89. The lowest BCUT2D eigenvalue weighted by molar-refractivity contribution is -0.0902. The zero-order valence-electron chi connectivity index (χ0n) is 12.9. The van der Waals surface area contributed by atoms with Crippen LogP contribution in [0.25, 0.3) is 0 Å². The summed E-state index contributed by atoms with van der Waals surface area (Å²) in [6.45, 7) is 4.62. The number of ether oxygens (including phenoxy) is 3. The van der Waals surface area contributed by atoms with Crippen LogP contribution in [0.3, 0.4) is 0 Å². The number of benzene rings is 1. The van der Waals surface area contributed by atoms with E-state index in [1.54, 1.807) is 7.11 Å². The van der Waals surface area contributed by atoms with E-state index in [1.807, 2.05) is 12.1 Å². The van der Waals surface area contributed by atoms with Gasteiger partial charge in [0.2, 0.25) is 0 Å². The Morgan fingerprint density at radius 3 is 3.05 bits per heavy atom. The van der Waals surface area contributed by atoms with Gasteiger partial charge < -0.3 is 19.5 Å². The summed E-state index contributed by atoms with van der Waals surface area (Å²) in [7, 11) is 1.71. The minimum absolute atomic E-state index is 0.0377. The summed E-state index contributed by atoms with van der Waals surface area (Å²) in [6, 6.07) is 9.07. The quantitative estimate of drug-likeness (QED) is 0.926. The van der Waals surface area contributed by atoms with Crippen molar-refractivity contribution in [3.8, 4) is 5.75 Å². The molecule has 21 heavy (non-hydrogen) atoms. The summed E-state index contributed by atoms with van der Waals surface area (Å²) in [5.41, 5.74) is 1.22. The average molecular weight is 291 g/mol. The zero-order valence-corrected chi connectivity index (χ0v) is 12.9. The molecule has 4 heteroatoms. The second kappa shape index (κ2) is 6.34. The molecule has 0 aliphatic carbocycles. The maximum Gasteiger partial charge on any atom is 0.119 e. The van der Waals surface area contributed by atoms with Gasteiger partial charge in [-0.2, -0.15) is 0 Å². The molecule has 3 atom stereocenters. The van der Waals surface area contributed by atoms with Gasteiger partial charge >= 0.3 is 0 Å². The Morgan fingerprint density at radius 2 is 2.29 bits per heavy atom. The van der Waals surface area contributed by atoms with E-state index in [1.165, 1.54) is 5.56 Å². The predicted octanol–water partition coefficient (Wildman–Crippen LogP) is 2.68. The highest BCUT2D eigenvalue weighted by atomic mass is 16.6. The van der Waals surface area contributed by atoms with Crippen LogP contribution in [0.2, 0.25) is 0 Å². The molecule has 2 saturated heterocycles. The van der Waals surface area contributed by atoms with E-state index in [4.69, 9.17) is 14.2 Å². The molecule has 0 saturated carbocycles. The Kier molecular flexibility index (Phi) is 4.48. The van der Waals surface area contributed by atoms with Crippen LogP contribution in [-0.4, -0.2) is 38.6 Å². The monoisotopic (exact) mass is 291 g/mol. The van der Waals surface area contributed by atoms with E-state index in [-0.39, 0.29) is 5.60 Å². The normalized spacial score (nSPS) is 30.5. The van der Waals surface area contributed by atoms with Gasteiger partial charge in [0.25, 0.3) is 0 Å². The van der Waals surface area contributed by atoms with Gasteiger partial charge in [-0.05, 0) is 37.5 Å². The summed E-state index contributed by atoms with van der Waals surface area (Å²) >= 11 is 0. The Bertz CT molecular complexity index is 471. The highest BCUT2D eigenvalue weighted by Gasteiger charge is 2.41. The third-order valence-electron chi connectivity index (χ3n) is 4.64. The van der Waals surface area contributed by atoms with Crippen LogP contribution in [0.1, 0.15) is 37.8 Å². The third kappa shape index (κ3) is 3.39. The predicted molar refractivity (Wildman–Crippen MR) is 81.7 cm³/mol.